The van der Waals surface area contributed by atoms with Crippen LogP contribution in [0.1, 0.15) is 37.8 Å². The van der Waals surface area contributed by atoms with Gasteiger partial charge in [0.25, 0.3) is 5.69 Å². The lowest BCUT2D eigenvalue weighted by atomic mass is 10.0. The Morgan fingerprint density at radius 3 is 2.81 bits per heavy atom. The molecule has 1 fully saturated rings. The number of nitrogens with zero attached hydrogens (tertiary/aromatic N) is 2. The fourth-order valence-electron chi connectivity index (χ4n) is 2.91. The predicted octanol–water partition coefficient (Wildman–Crippen LogP) is 2.87. The summed E-state index contributed by atoms with van der Waals surface area (Å²) in [5.74, 6) is 0. The highest BCUT2D eigenvalue weighted by Gasteiger charge is 2.21. The van der Waals surface area contributed by atoms with Crippen molar-refractivity contribution < 1.29 is 4.92 Å². The van der Waals surface area contributed by atoms with E-state index >= 15 is 0 Å². The van der Waals surface area contributed by atoms with Crippen molar-refractivity contribution in [3.8, 4) is 0 Å². The average Bonchev–Trinajstić information content (AvgIpc) is 2.92. The Balaban J connectivity index is 2.12. The smallest absolute Gasteiger partial charge is 0.272 e. The zero-order valence-electron chi connectivity index (χ0n) is 13.1. The van der Waals surface area contributed by atoms with Gasteiger partial charge in [-0.25, -0.2) is 0 Å². The molecule has 0 amide bonds. The maximum absolute atomic E-state index is 11.1. The van der Waals surface area contributed by atoms with Gasteiger partial charge in [-0.05, 0) is 45.7 Å². The van der Waals surface area contributed by atoms with Crippen LogP contribution in [0.25, 0.3) is 0 Å². The third kappa shape index (κ3) is 4.02. The molecule has 1 aromatic carbocycles. The number of nitro benzene ring substituents is 1. The number of rotatable bonds is 6. The molecule has 1 N–H and O–H groups in total. The molecule has 0 bridgehead atoms. The largest absolute Gasteiger partial charge is 0.313 e. The molecule has 5 nitrogen and oxygen atoms in total. The van der Waals surface area contributed by atoms with Crippen LogP contribution in [0, 0.1) is 17.0 Å². The van der Waals surface area contributed by atoms with Crippen LogP contribution in [0.4, 0.5) is 5.69 Å². The van der Waals surface area contributed by atoms with E-state index in [0.717, 1.165) is 30.8 Å². The summed E-state index contributed by atoms with van der Waals surface area (Å²) in [7, 11) is 0. The summed E-state index contributed by atoms with van der Waals surface area (Å²) in [5, 5.41) is 14.6. The molecule has 1 heterocycles. The highest BCUT2D eigenvalue weighted by Crippen LogP contribution is 2.23. The lowest BCUT2D eigenvalue weighted by molar-refractivity contribution is -0.385. The van der Waals surface area contributed by atoms with Crippen LogP contribution >= 0.6 is 0 Å². The Bertz CT molecular complexity index is 496. The van der Waals surface area contributed by atoms with Gasteiger partial charge in [-0.15, -0.1) is 0 Å². The first kappa shape index (κ1) is 15.9. The van der Waals surface area contributed by atoms with E-state index in [1.165, 1.54) is 12.8 Å². The zero-order valence-corrected chi connectivity index (χ0v) is 13.1. The monoisotopic (exact) mass is 291 g/mol. The molecule has 21 heavy (non-hydrogen) atoms. The second-order valence-corrected chi connectivity index (χ2v) is 6.13. The van der Waals surface area contributed by atoms with E-state index in [-0.39, 0.29) is 10.6 Å². The van der Waals surface area contributed by atoms with E-state index in [0.29, 0.717) is 12.1 Å². The van der Waals surface area contributed by atoms with Gasteiger partial charge >= 0.3 is 0 Å². The van der Waals surface area contributed by atoms with Gasteiger partial charge in [-0.1, -0.05) is 12.1 Å². The van der Waals surface area contributed by atoms with E-state index in [1.807, 2.05) is 13.0 Å². The van der Waals surface area contributed by atoms with Gasteiger partial charge in [0, 0.05) is 36.8 Å². The molecule has 2 rings (SSSR count). The molecule has 0 aromatic heterocycles. The molecule has 1 unspecified atom stereocenters. The number of hydrogen-bond donors (Lipinski definition) is 1. The van der Waals surface area contributed by atoms with Gasteiger partial charge in [0.2, 0.25) is 0 Å². The van der Waals surface area contributed by atoms with Crippen molar-refractivity contribution in [3.05, 3.63) is 39.4 Å². The first-order valence-electron chi connectivity index (χ1n) is 7.69. The van der Waals surface area contributed by atoms with Gasteiger partial charge in [-0.2, -0.15) is 0 Å². The lowest BCUT2D eigenvalue weighted by Crippen LogP contribution is -2.40. The van der Waals surface area contributed by atoms with Gasteiger partial charge in [0.1, 0.15) is 0 Å². The minimum atomic E-state index is -0.295. The molecule has 1 atom stereocenters. The third-order valence-electron chi connectivity index (χ3n) is 4.34. The number of nitro groups is 1. The Morgan fingerprint density at radius 1 is 1.48 bits per heavy atom. The third-order valence-corrected chi connectivity index (χ3v) is 4.34. The Kier molecular flexibility index (Phi) is 5.31. The summed E-state index contributed by atoms with van der Waals surface area (Å²) in [4.78, 5) is 13.2. The summed E-state index contributed by atoms with van der Waals surface area (Å²) in [5.41, 5.74) is 2.05. The van der Waals surface area contributed by atoms with Crippen LogP contribution in [0.15, 0.2) is 18.2 Å². The standard InChI is InChI=1S/C16H25N3O2/c1-12(2)18(11-15-7-5-9-17-15)10-14-6-4-8-16(13(14)3)19(20)21/h4,6,8,12,15,17H,5,7,9-11H2,1-3H3. The van der Waals surface area contributed by atoms with Crippen LogP contribution in [-0.4, -0.2) is 35.0 Å². The fraction of sp³-hybridized carbons (Fsp3) is 0.625. The van der Waals surface area contributed by atoms with Crippen molar-refractivity contribution >= 4 is 5.69 Å². The maximum Gasteiger partial charge on any atom is 0.272 e. The van der Waals surface area contributed by atoms with Crippen LogP contribution in [0.5, 0.6) is 0 Å². The van der Waals surface area contributed by atoms with E-state index in [4.69, 9.17) is 0 Å². The molecule has 1 aromatic rings. The van der Waals surface area contributed by atoms with Crippen molar-refractivity contribution in [3.63, 3.8) is 0 Å². The molecular weight excluding hydrogens is 266 g/mol. The molecule has 5 heteroatoms. The molecule has 0 radical (unpaired) electrons. The first-order chi connectivity index (χ1) is 9.99. The SMILES string of the molecule is Cc1c(CN(CC2CCCN2)C(C)C)cccc1[N+](=O)[O-]. The molecule has 1 saturated heterocycles. The minimum absolute atomic E-state index is 0.218. The van der Waals surface area contributed by atoms with Crippen molar-refractivity contribution in [1.29, 1.82) is 0 Å². The summed E-state index contributed by atoms with van der Waals surface area (Å²) in [6.07, 6.45) is 2.46. The van der Waals surface area contributed by atoms with Crippen molar-refractivity contribution in [2.45, 2.75) is 52.2 Å². The topological polar surface area (TPSA) is 58.4 Å². The lowest BCUT2D eigenvalue weighted by Gasteiger charge is -2.29. The van der Waals surface area contributed by atoms with Gasteiger partial charge < -0.3 is 5.32 Å². The Morgan fingerprint density at radius 2 is 2.24 bits per heavy atom. The summed E-state index contributed by atoms with van der Waals surface area (Å²) < 4.78 is 0. The summed E-state index contributed by atoms with van der Waals surface area (Å²) in [6.45, 7) is 9.08. The zero-order chi connectivity index (χ0) is 15.4. The molecule has 0 saturated carbocycles. The van der Waals surface area contributed by atoms with Gasteiger partial charge in [0.15, 0.2) is 0 Å². The molecular formula is C16H25N3O2. The van der Waals surface area contributed by atoms with Crippen molar-refractivity contribution in [1.82, 2.24) is 10.2 Å². The highest BCUT2D eigenvalue weighted by atomic mass is 16.6. The highest BCUT2D eigenvalue weighted by molar-refractivity contribution is 5.44. The van der Waals surface area contributed by atoms with Crippen LogP contribution < -0.4 is 5.32 Å². The van der Waals surface area contributed by atoms with Crippen LogP contribution in [-0.2, 0) is 6.54 Å². The number of benzene rings is 1. The van der Waals surface area contributed by atoms with Crippen LogP contribution in [0.3, 0.4) is 0 Å². The average molecular weight is 291 g/mol. The minimum Gasteiger partial charge on any atom is -0.313 e. The van der Waals surface area contributed by atoms with E-state index in [1.54, 1.807) is 12.1 Å². The summed E-state index contributed by atoms with van der Waals surface area (Å²) >= 11 is 0. The quantitative estimate of drug-likeness (QED) is 0.647. The van der Waals surface area contributed by atoms with Crippen molar-refractivity contribution in [2.24, 2.45) is 0 Å². The fourth-order valence-corrected chi connectivity index (χ4v) is 2.91. The van der Waals surface area contributed by atoms with Gasteiger partial charge in [-0.3, -0.25) is 15.0 Å². The molecule has 116 valence electrons. The van der Waals surface area contributed by atoms with Crippen LogP contribution in [0.2, 0.25) is 0 Å². The van der Waals surface area contributed by atoms with E-state index < -0.39 is 0 Å². The van der Waals surface area contributed by atoms with Crippen molar-refractivity contribution in [2.75, 3.05) is 13.1 Å². The van der Waals surface area contributed by atoms with E-state index in [2.05, 4.69) is 24.1 Å². The second kappa shape index (κ2) is 7.00. The Labute approximate surface area is 126 Å². The second-order valence-electron chi connectivity index (χ2n) is 6.13. The predicted molar refractivity (Wildman–Crippen MR) is 84.4 cm³/mol. The molecule has 1 aliphatic heterocycles. The first-order valence-corrected chi connectivity index (χ1v) is 7.69. The molecule has 0 spiro atoms. The Hall–Kier alpha value is -1.46. The molecule has 1 aliphatic rings. The normalized spacial score (nSPS) is 18.6. The summed E-state index contributed by atoms with van der Waals surface area (Å²) in [6, 6.07) is 6.33. The maximum atomic E-state index is 11.1. The molecule has 0 aliphatic carbocycles. The number of hydrogen-bond acceptors (Lipinski definition) is 4. The number of nitrogens with one attached hydrogen (secondary N) is 1. The van der Waals surface area contributed by atoms with Gasteiger partial charge in [0.05, 0.1) is 4.92 Å². The van der Waals surface area contributed by atoms with E-state index in [9.17, 15) is 10.1 Å².